The van der Waals surface area contributed by atoms with Crippen LogP contribution >= 0.6 is 0 Å². The molecule has 3 rings (SSSR count). The number of likely N-dealkylation sites (tertiary alicyclic amines) is 1. The highest BCUT2D eigenvalue weighted by Crippen LogP contribution is 2.35. The molecule has 1 fully saturated rings. The van der Waals surface area contributed by atoms with Gasteiger partial charge in [0.2, 0.25) is 5.88 Å². The van der Waals surface area contributed by atoms with Crippen LogP contribution in [0.25, 0.3) is 0 Å². The molecular weight excluding hydrogens is 351 g/mol. The third-order valence-corrected chi connectivity index (χ3v) is 4.19. The van der Waals surface area contributed by atoms with Gasteiger partial charge in [0.1, 0.15) is 11.3 Å². The molecule has 9 heteroatoms. The van der Waals surface area contributed by atoms with Crippen LogP contribution in [0.2, 0.25) is 0 Å². The lowest BCUT2D eigenvalue weighted by Gasteiger charge is -2.32. The summed E-state index contributed by atoms with van der Waals surface area (Å²) in [4.78, 5) is 17.7. The van der Waals surface area contributed by atoms with Crippen molar-refractivity contribution >= 4 is 5.91 Å². The summed E-state index contributed by atoms with van der Waals surface area (Å²) in [6.07, 6.45) is -1.77. The molecule has 26 heavy (non-hydrogen) atoms. The van der Waals surface area contributed by atoms with Gasteiger partial charge in [-0.25, -0.2) is 4.98 Å². The zero-order valence-corrected chi connectivity index (χ0v) is 14.1. The number of piperidine rings is 1. The number of pyridine rings is 1. The molecule has 2 aromatic heterocycles. The summed E-state index contributed by atoms with van der Waals surface area (Å²) in [5.74, 6) is -0.222. The van der Waals surface area contributed by atoms with Crippen LogP contribution in [0.4, 0.5) is 13.2 Å². The van der Waals surface area contributed by atoms with Crippen LogP contribution in [0, 0.1) is 12.8 Å². The minimum Gasteiger partial charge on any atom is -0.477 e. The van der Waals surface area contributed by atoms with Crippen molar-refractivity contribution in [3.05, 3.63) is 41.4 Å². The van der Waals surface area contributed by atoms with Gasteiger partial charge in [-0.2, -0.15) is 13.2 Å². The number of hydrogen-bond acceptors (Lipinski definition) is 5. The van der Waals surface area contributed by atoms with Crippen molar-refractivity contribution in [2.45, 2.75) is 25.9 Å². The number of rotatable bonds is 4. The standard InChI is InChI=1S/C17H18F3N3O3/c1-11-8-14(22-26-11)16(24)23-7-3-4-12(9-23)10-25-15-13(17(18,19)20)5-2-6-21-15/h2,5-6,8,12H,3-4,7,9-10H2,1H3. The quantitative estimate of drug-likeness (QED) is 0.827. The topological polar surface area (TPSA) is 68.5 Å². The number of aromatic nitrogens is 2. The maximum atomic E-state index is 13.0. The van der Waals surface area contributed by atoms with Crippen molar-refractivity contribution in [1.29, 1.82) is 0 Å². The molecule has 1 saturated heterocycles. The van der Waals surface area contributed by atoms with E-state index in [1.54, 1.807) is 17.9 Å². The van der Waals surface area contributed by atoms with Gasteiger partial charge in [0, 0.05) is 31.3 Å². The SMILES string of the molecule is Cc1cc(C(=O)N2CCCC(COc3ncccc3C(F)(F)F)C2)no1. The van der Waals surface area contributed by atoms with Gasteiger partial charge < -0.3 is 14.2 Å². The van der Waals surface area contributed by atoms with Crippen LogP contribution in [-0.4, -0.2) is 40.6 Å². The van der Waals surface area contributed by atoms with Gasteiger partial charge >= 0.3 is 6.18 Å². The predicted molar refractivity (Wildman–Crippen MR) is 84.6 cm³/mol. The summed E-state index contributed by atoms with van der Waals surface area (Å²) < 4.78 is 49.2. The fourth-order valence-electron chi connectivity index (χ4n) is 2.93. The molecular formula is C17H18F3N3O3. The van der Waals surface area contributed by atoms with Gasteiger partial charge in [-0.3, -0.25) is 4.79 Å². The number of alkyl halides is 3. The normalized spacial score (nSPS) is 18.0. The summed E-state index contributed by atoms with van der Waals surface area (Å²) in [6.45, 7) is 2.71. The van der Waals surface area contributed by atoms with E-state index in [-0.39, 0.29) is 24.1 Å². The molecule has 0 N–H and O–H groups in total. The van der Waals surface area contributed by atoms with Gasteiger partial charge in [0.25, 0.3) is 5.91 Å². The highest BCUT2D eigenvalue weighted by atomic mass is 19.4. The molecule has 0 radical (unpaired) electrons. The Morgan fingerprint density at radius 3 is 2.96 bits per heavy atom. The Bertz CT molecular complexity index is 776. The molecule has 0 spiro atoms. The Hall–Kier alpha value is -2.58. The Morgan fingerprint density at radius 1 is 1.46 bits per heavy atom. The van der Waals surface area contributed by atoms with E-state index in [1.807, 2.05) is 0 Å². The van der Waals surface area contributed by atoms with E-state index in [4.69, 9.17) is 9.26 Å². The summed E-state index contributed by atoms with van der Waals surface area (Å²) in [5, 5.41) is 3.72. The lowest BCUT2D eigenvalue weighted by Crippen LogP contribution is -2.41. The number of ether oxygens (including phenoxy) is 1. The van der Waals surface area contributed by atoms with Gasteiger partial charge in [-0.15, -0.1) is 0 Å². The highest BCUT2D eigenvalue weighted by molar-refractivity contribution is 5.92. The van der Waals surface area contributed by atoms with Crippen molar-refractivity contribution in [2.75, 3.05) is 19.7 Å². The van der Waals surface area contributed by atoms with Crippen LogP contribution in [0.1, 0.15) is 34.7 Å². The Kier molecular flexibility index (Phi) is 5.15. The van der Waals surface area contributed by atoms with Gasteiger partial charge in [-0.05, 0) is 31.9 Å². The first-order valence-corrected chi connectivity index (χ1v) is 8.22. The molecule has 0 saturated carbocycles. The number of hydrogen-bond donors (Lipinski definition) is 0. The average Bonchev–Trinajstić information content (AvgIpc) is 3.05. The second kappa shape index (κ2) is 7.35. The molecule has 0 bridgehead atoms. The first kappa shape index (κ1) is 18.2. The third kappa shape index (κ3) is 4.14. The third-order valence-electron chi connectivity index (χ3n) is 4.19. The zero-order chi connectivity index (χ0) is 18.7. The van der Waals surface area contributed by atoms with Crippen molar-refractivity contribution in [2.24, 2.45) is 5.92 Å². The molecule has 1 unspecified atom stereocenters. The number of amides is 1. The average molecular weight is 369 g/mol. The second-order valence-electron chi connectivity index (χ2n) is 6.25. The van der Waals surface area contributed by atoms with Crippen LogP contribution in [0.5, 0.6) is 5.88 Å². The van der Waals surface area contributed by atoms with E-state index in [1.165, 1.54) is 12.3 Å². The summed E-state index contributed by atoms with van der Waals surface area (Å²) in [7, 11) is 0. The lowest BCUT2D eigenvalue weighted by molar-refractivity contribution is -0.139. The highest BCUT2D eigenvalue weighted by Gasteiger charge is 2.35. The first-order valence-electron chi connectivity index (χ1n) is 8.22. The van der Waals surface area contributed by atoms with Crippen molar-refractivity contribution in [1.82, 2.24) is 15.0 Å². The van der Waals surface area contributed by atoms with Gasteiger partial charge in [0.15, 0.2) is 5.69 Å². The van der Waals surface area contributed by atoms with E-state index in [9.17, 15) is 18.0 Å². The zero-order valence-electron chi connectivity index (χ0n) is 14.1. The van der Waals surface area contributed by atoms with Gasteiger partial charge in [-0.1, -0.05) is 5.16 Å². The largest absolute Gasteiger partial charge is 0.477 e. The summed E-state index contributed by atoms with van der Waals surface area (Å²) >= 11 is 0. The van der Waals surface area contributed by atoms with E-state index < -0.39 is 17.6 Å². The molecule has 0 aliphatic carbocycles. The van der Waals surface area contributed by atoms with Crippen LogP contribution < -0.4 is 4.74 Å². The Labute approximate surface area is 147 Å². The number of carbonyl (C=O) groups excluding carboxylic acids is 1. The van der Waals surface area contributed by atoms with E-state index in [0.29, 0.717) is 18.8 Å². The summed E-state index contributed by atoms with van der Waals surface area (Å²) in [6, 6.07) is 3.72. The first-order chi connectivity index (χ1) is 12.3. The van der Waals surface area contributed by atoms with Crippen LogP contribution in [0.3, 0.4) is 0 Å². The number of halogens is 3. The van der Waals surface area contributed by atoms with Crippen LogP contribution in [0.15, 0.2) is 28.9 Å². The molecule has 1 atom stereocenters. The molecule has 1 amide bonds. The van der Waals surface area contributed by atoms with E-state index in [0.717, 1.165) is 18.9 Å². The Balaban J connectivity index is 1.62. The Morgan fingerprint density at radius 2 is 2.27 bits per heavy atom. The maximum Gasteiger partial charge on any atom is 0.421 e. The molecule has 1 aliphatic rings. The molecule has 3 heterocycles. The number of aryl methyl sites for hydroxylation is 1. The van der Waals surface area contributed by atoms with Crippen molar-refractivity contribution in [3.8, 4) is 5.88 Å². The summed E-state index contributed by atoms with van der Waals surface area (Å²) in [5.41, 5.74) is -0.671. The van der Waals surface area contributed by atoms with Crippen molar-refractivity contribution < 1.29 is 27.2 Å². The van der Waals surface area contributed by atoms with Gasteiger partial charge in [0.05, 0.1) is 6.61 Å². The minimum absolute atomic E-state index is 0.0573. The number of carbonyl (C=O) groups is 1. The molecule has 6 nitrogen and oxygen atoms in total. The monoisotopic (exact) mass is 369 g/mol. The minimum atomic E-state index is -4.52. The van der Waals surface area contributed by atoms with Crippen molar-refractivity contribution in [3.63, 3.8) is 0 Å². The fourth-order valence-corrected chi connectivity index (χ4v) is 2.93. The molecule has 1 aliphatic heterocycles. The smallest absolute Gasteiger partial charge is 0.421 e. The molecule has 2 aromatic rings. The lowest BCUT2D eigenvalue weighted by atomic mass is 9.98. The van der Waals surface area contributed by atoms with E-state index >= 15 is 0 Å². The molecule has 0 aromatic carbocycles. The van der Waals surface area contributed by atoms with E-state index in [2.05, 4.69) is 10.1 Å². The molecule has 140 valence electrons. The predicted octanol–water partition coefficient (Wildman–Crippen LogP) is 3.33. The second-order valence-corrected chi connectivity index (χ2v) is 6.25. The fraction of sp³-hybridized carbons (Fsp3) is 0.471. The number of nitrogens with zero attached hydrogens (tertiary/aromatic N) is 3. The maximum absolute atomic E-state index is 13.0. The van der Waals surface area contributed by atoms with Crippen LogP contribution in [-0.2, 0) is 6.18 Å².